The van der Waals surface area contributed by atoms with Gasteiger partial charge in [-0.3, -0.25) is 4.57 Å². The quantitative estimate of drug-likeness (QED) is 0.721. The summed E-state index contributed by atoms with van der Waals surface area (Å²) >= 11 is 0. The predicted octanol–water partition coefficient (Wildman–Crippen LogP) is -0.705. The molecule has 2 rings (SSSR count). The molecule has 2 heterocycles. The summed E-state index contributed by atoms with van der Waals surface area (Å²) < 4.78 is 2.56. The fourth-order valence-electron chi connectivity index (χ4n) is 1.97. The van der Waals surface area contributed by atoms with E-state index in [1.165, 1.54) is 4.57 Å². The lowest BCUT2D eigenvalue weighted by Crippen LogP contribution is -2.46. The molecule has 0 amide bonds. The van der Waals surface area contributed by atoms with Crippen LogP contribution in [0.5, 0.6) is 0 Å². The van der Waals surface area contributed by atoms with Gasteiger partial charge in [-0.15, -0.1) is 0 Å². The highest BCUT2D eigenvalue weighted by Crippen LogP contribution is 2.08. The predicted molar refractivity (Wildman–Crippen MR) is 57.5 cm³/mol. The maximum atomic E-state index is 12.0. The third-order valence-corrected chi connectivity index (χ3v) is 2.92. The Balaban J connectivity index is 2.64. The van der Waals surface area contributed by atoms with Gasteiger partial charge in [0.1, 0.15) is 5.82 Å². The Labute approximate surface area is 92.2 Å². The lowest BCUT2D eigenvalue weighted by atomic mass is 10.1. The van der Waals surface area contributed by atoms with Gasteiger partial charge < -0.3 is 5.11 Å². The molecule has 1 N–H and O–H groups in total. The first kappa shape index (κ1) is 11.1. The van der Waals surface area contributed by atoms with Crippen molar-refractivity contribution >= 4 is 0 Å². The number of aryl methyl sites for hydroxylation is 1. The van der Waals surface area contributed by atoms with Crippen molar-refractivity contribution in [1.82, 2.24) is 14.1 Å². The normalized spacial score (nSPS) is 16.9. The molecule has 88 valence electrons. The molecule has 1 aliphatic rings. The summed E-state index contributed by atoms with van der Waals surface area (Å²) in [6, 6.07) is -0.521. The first-order valence-corrected chi connectivity index (χ1v) is 5.48. The number of hydrogen-bond donors (Lipinski definition) is 1. The Morgan fingerprint density at radius 2 is 2.19 bits per heavy atom. The van der Waals surface area contributed by atoms with Gasteiger partial charge in [0.15, 0.2) is 0 Å². The van der Waals surface area contributed by atoms with E-state index in [0.717, 1.165) is 17.4 Å². The van der Waals surface area contributed by atoms with Crippen LogP contribution in [0, 0.1) is 0 Å². The van der Waals surface area contributed by atoms with Gasteiger partial charge in [0, 0.05) is 13.0 Å². The number of hydrogen-bond acceptors (Lipinski definition) is 4. The Morgan fingerprint density at radius 1 is 1.44 bits per heavy atom. The molecule has 1 unspecified atom stereocenters. The third-order valence-electron chi connectivity index (χ3n) is 2.92. The van der Waals surface area contributed by atoms with Gasteiger partial charge in [-0.25, -0.2) is 14.2 Å². The zero-order valence-corrected chi connectivity index (χ0v) is 9.22. The smallest absolute Gasteiger partial charge is 0.353 e. The average Bonchev–Trinajstić information content (AvgIpc) is 2.28. The van der Waals surface area contributed by atoms with Crippen LogP contribution in [0.25, 0.3) is 0 Å². The van der Waals surface area contributed by atoms with Crippen molar-refractivity contribution in [3.05, 3.63) is 26.8 Å². The molecule has 1 aromatic rings. The topological polar surface area (TPSA) is 77.1 Å². The summed E-state index contributed by atoms with van der Waals surface area (Å²) in [4.78, 5) is 27.6. The number of aliphatic hydroxyl groups is 1. The van der Waals surface area contributed by atoms with Crippen molar-refractivity contribution in [2.45, 2.75) is 38.8 Å². The first-order valence-electron chi connectivity index (χ1n) is 5.48. The van der Waals surface area contributed by atoms with E-state index in [1.807, 2.05) is 0 Å². The Bertz CT molecular complexity index is 503. The van der Waals surface area contributed by atoms with Crippen LogP contribution in [0.4, 0.5) is 0 Å². The van der Waals surface area contributed by atoms with E-state index in [9.17, 15) is 9.59 Å². The van der Waals surface area contributed by atoms with Crippen LogP contribution in [-0.4, -0.2) is 25.8 Å². The van der Waals surface area contributed by atoms with Gasteiger partial charge in [-0.2, -0.15) is 4.98 Å². The highest BCUT2D eigenvalue weighted by Gasteiger charge is 2.18. The Morgan fingerprint density at radius 3 is 2.88 bits per heavy atom. The van der Waals surface area contributed by atoms with E-state index in [0.29, 0.717) is 18.8 Å². The second kappa shape index (κ2) is 4.21. The summed E-state index contributed by atoms with van der Waals surface area (Å²) in [5.41, 5.74) is -0.907. The van der Waals surface area contributed by atoms with Crippen LogP contribution >= 0.6 is 0 Å². The number of aliphatic hydroxyl groups excluding tert-OH is 1. The van der Waals surface area contributed by atoms with E-state index in [1.54, 1.807) is 6.92 Å². The minimum Gasteiger partial charge on any atom is -0.394 e. The molecule has 6 heteroatoms. The van der Waals surface area contributed by atoms with Gasteiger partial charge in [0.05, 0.1) is 12.6 Å². The molecule has 0 saturated carbocycles. The highest BCUT2D eigenvalue weighted by atomic mass is 16.3. The lowest BCUT2D eigenvalue weighted by Gasteiger charge is -2.19. The van der Waals surface area contributed by atoms with Crippen LogP contribution in [0.1, 0.15) is 31.6 Å². The van der Waals surface area contributed by atoms with Gasteiger partial charge in [-0.1, -0.05) is 0 Å². The van der Waals surface area contributed by atoms with Gasteiger partial charge in [0.25, 0.3) is 0 Å². The number of nitrogens with zero attached hydrogens (tertiary/aromatic N) is 3. The Hall–Kier alpha value is -1.43. The largest absolute Gasteiger partial charge is 0.394 e. The van der Waals surface area contributed by atoms with Crippen molar-refractivity contribution in [2.75, 3.05) is 6.61 Å². The van der Waals surface area contributed by atoms with E-state index >= 15 is 0 Å². The van der Waals surface area contributed by atoms with Crippen molar-refractivity contribution in [3.8, 4) is 0 Å². The van der Waals surface area contributed by atoms with Crippen molar-refractivity contribution in [3.63, 3.8) is 0 Å². The summed E-state index contributed by atoms with van der Waals surface area (Å²) in [6.07, 6.45) is 2.57. The third kappa shape index (κ3) is 1.69. The minimum absolute atomic E-state index is 0.240. The first-order chi connectivity index (χ1) is 7.65. The number of fused-ring (bicyclic) bond motifs is 1. The van der Waals surface area contributed by atoms with E-state index in [-0.39, 0.29) is 12.3 Å². The summed E-state index contributed by atoms with van der Waals surface area (Å²) in [6.45, 7) is 2.00. The van der Waals surface area contributed by atoms with E-state index in [4.69, 9.17) is 5.11 Å². The molecule has 0 fully saturated rings. The average molecular weight is 225 g/mol. The highest BCUT2D eigenvalue weighted by molar-refractivity contribution is 4.93. The van der Waals surface area contributed by atoms with Crippen LogP contribution in [0.3, 0.4) is 0 Å². The fourth-order valence-corrected chi connectivity index (χ4v) is 1.97. The van der Waals surface area contributed by atoms with Crippen LogP contribution in [0.15, 0.2) is 9.59 Å². The zero-order valence-electron chi connectivity index (χ0n) is 9.22. The second-order valence-electron chi connectivity index (χ2n) is 4.10. The maximum absolute atomic E-state index is 12.0. The molecule has 6 nitrogen and oxygen atoms in total. The molecule has 16 heavy (non-hydrogen) atoms. The zero-order chi connectivity index (χ0) is 11.7. The molecular formula is C10H15N3O3. The molecule has 0 aromatic carbocycles. The second-order valence-corrected chi connectivity index (χ2v) is 4.10. The van der Waals surface area contributed by atoms with Gasteiger partial charge in [-0.05, 0) is 19.8 Å². The van der Waals surface area contributed by atoms with E-state index < -0.39 is 11.7 Å². The SMILES string of the molecule is CC(CO)n1c(=O)nc2n(c1=O)CCCC2. The molecule has 1 atom stereocenters. The maximum Gasteiger partial charge on any atom is 0.353 e. The van der Waals surface area contributed by atoms with Gasteiger partial charge >= 0.3 is 11.4 Å². The standard InChI is InChI=1S/C10H15N3O3/c1-7(6-14)13-9(15)11-8-4-2-3-5-12(8)10(13)16/h7,14H,2-6H2,1H3. The summed E-state index contributed by atoms with van der Waals surface area (Å²) in [5, 5.41) is 9.01. The van der Waals surface area contributed by atoms with E-state index in [2.05, 4.69) is 4.98 Å². The molecule has 1 aliphatic heterocycles. The molecule has 0 radical (unpaired) electrons. The molecular weight excluding hydrogens is 210 g/mol. The van der Waals surface area contributed by atoms with Crippen LogP contribution < -0.4 is 11.4 Å². The number of aromatic nitrogens is 3. The lowest BCUT2D eigenvalue weighted by molar-refractivity contribution is 0.227. The van der Waals surface area contributed by atoms with Gasteiger partial charge in [0.2, 0.25) is 0 Å². The van der Waals surface area contributed by atoms with Crippen molar-refractivity contribution < 1.29 is 5.11 Å². The van der Waals surface area contributed by atoms with Crippen molar-refractivity contribution in [2.24, 2.45) is 0 Å². The molecule has 1 aromatic heterocycles. The summed E-state index contributed by atoms with van der Waals surface area (Å²) in [5.74, 6) is 0.572. The van der Waals surface area contributed by atoms with Crippen LogP contribution in [0.2, 0.25) is 0 Å². The van der Waals surface area contributed by atoms with Crippen molar-refractivity contribution in [1.29, 1.82) is 0 Å². The van der Waals surface area contributed by atoms with Crippen LogP contribution in [-0.2, 0) is 13.0 Å². The number of rotatable bonds is 2. The summed E-state index contributed by atoms with van der Waals surface area (Å²) in [7, 11) is 0. The molecule has 0 spiro atoms. The molecule has 0 aliphatic carbocycles. The Kier molecular flexibility index (Phi) is 2.91. The minimum atomic E-state index is -0.556. The fraction of sp³-hybridized carbons (Fsp3) is 0.700. The molecule has 0 saturated heterocycles. The molecule has 0 bridgehead atoms. The monoisotopic (exact) mass is 225 g/mol.